The molecule has 0 aliphatic heterocycles. The Labute approximate surface area is 126 Å². The van der Waals surface area contributed by atoms with Crippen LogP contribution in [0.4, 0.5) is 4.39 Å². The van der Waals surface area contributed by atoms with E-state index in [1.165, 1.54) is 25.0 Å². The predicted octanol–water partition coefficient (Wildman–Crippen LogP) is 3.35. The highest BCUT2D eigenvalue weighted by molar-refractivity contribution is 5.36. The molecule has 4 heteroatoms. The van der Waals surface area contributed by atoms with Crippen molar-refractivity contribution in [2.24, 2.45) is 17.8 Å². The average Bonchev–Trinajstić information content (AvgIpc) is 3.24. The molecule has 3 atom stereocenters. The van der Waals surface area contributed by atoms with E-state index in [9.17, 15) is 4.39 Å². The van der Waals surface area contributed by atoms with E-state index >= 15 is 0 Å². The largest absolute Gasteiger partial charge is 0.493 e. The Hall–Kier alpha value is -1.60. The van der Waals surface area contributed by atoms with Crippen molar-refractivity contribution in [3.05, 3.63) is 29.6 Å². The van der Waals surface area contributed by atoms with Gasteiger partial charge in [-0.25, -0.2) is 4.39 Å². The van der Waals surface area contributed by atoms with Crippen LogP contribution in [0.25, 0.3) is 0 Å². The summed E-state index contributed by atoms with van der Waals surface area (Å²) in [7, 11) is 1.99. The van der Waals surface area contributed by atoms with Crippen LogP contribution in [-0.4, -0.2) is 20.2 Å². The Morgan fingerprint density at radius 3 is 3.00 bits per heavy atom. The highest BCUT2D eigenvalue weighted by Crippen LogP contribution is 2.47. The van der Waals surface area contributed by atoms with Crippen LogP contribution in [0.2, 0.25) is 0 Å². The normalized spacial score (nSPS) is 21.6. The van der Waals surface area contributed by atoms with Crippen molar-refractivity contribution in [1.29, 1.82) is 5.26 Å². The minimum atomic E-state index is -0.514. The van der Waals surface area contributed by atoms with Crippen LogP contribution < -0.4 is 10.1 Å². The number of benzene rings is 1. The molecule has 21 heavy (non-hydrogen) atoms. The second kappa shape index (κ2) is 7.42. The molecule has 0 aromatic heterocycles. The minimum absolute atomic E-state index is 0.0583. The quantitative estimate of drug-likeness (QED) is 0.798. The maximum absolute atomic E-state index is 13.4. The van der Waals surface area contributed by atoms with Gasteiger partial charge in [0.15, 0.2) is 0 Å². The topological polar surface area (TPSA) is 45.0 Å². The summed E-state index contributed by atoms with van der Waals surface area (Å²) in [6.45, 7) is 4.01. The number of hydrogen-bond donors (Lipinski definition) is 1. The number of hydrogen-bond acceptors (Lipinski definition) is 3. The van der Waals surface area contributed by atoms with Gasteiger partial charge in [0.05, 0.1) is 12.2 Å². The molecule has 2 rings (SSSR count). The van der Waals surface area contributed by atoms with Crippen molar-refractivity contribution in [1.82, 2.24) is 5.32 Å². The van der Waals surface area contributed by atoms with Crippen molar-refractivity contribution < 1.29 is 9.13 Å². The molecular weight excluding hydrogens is 267 g/mol. The van der Waals surface area contributed by atoms with Gasteiger partial charge in [-0.2, -0.15) is 5.26 Å². The third-order valence-electron chi connectivity index (χ3n) is 4.38. The van der Waals surface area contributed by atoms with Crippen LogP contribution in [0.15, 0.2) is 18.2 Å². The van der Waals surface area contributed by atoms with Crippen LogP contribution in [0, 0.1) is 34.9 Å². The van der Waals surface area contributed by atoms with Gasteiger partial charge in [-0.1, -0.05) is 6.92 Å². The van der Waals surface area contributed by atoms with E-state index in [-0.39, 0.29) is 5.56 Å². The lowest BCUT2D eigenvalue weighted by Gasteiger charge is -2.11. The molecule has 1 aliphatic rings. The molecule has 0 spiro atoms. The van der Waals surface area contributed by atoms with Gasteiger partial charge in [0.2, 0.25) is 0 Å². The molecule has 3 unspecified atom stereocenters. The van der Waals surface area contributed by atoms with Crippen LogP contribution in [-0.2, 0) is 0 Å². The van der Waals surface area contributed by atoms with Crippen LogP contribution >= 0.6 is 0 Å². The molecule has 1 N–H and O–H groups in total. The molecule has 3 nitrogen and oxygen atoms in total. The molecule has 0 amide bonds. The first-order chi connectivity index (χ1) is 10.2. The van der Waals surface area contributed by atoms with Gasteiger partial charge in [0, 0.05) is 6.07 Å². The molecule has 1 fully saturated rings. The van der Waals surface area contributed by atoms with Crippen molar-refractivity contribution in [3.8, 4) is 11.8 Å². The second-order valence-corrected chi connectivity index (χ2v) is 5.92. The first-order valence-corrected chi connectivity index (χ1v) is 7.62. The van der Waals surface area contributed by atoms with Crippen LogP contribution in [0.5, 0.6) is 5.75 Å². The number of ether oxygens (including phenoxy) is 1. The number of nitrogens with zero attached hydrogens (tertiary/aromatic N) is 1. The molecule has 0 saturated heterocycles. The SMILES string of the molecule is CNCCC(C)C1CC1CCOc1ccc(C#N)c(F)c1. The van der Waals surface area contributed by atoms with E-state index in [2.05, 4.69) is 12.2 Å². The summed E-state index contributed by atoms with van der Waals surface area (Å²) < 4.78 is 19.0. The summed E-state index contributed by atoms with van der Waals surface area (Å²) in [6.07, 6.45) is 3.53. The molecule has 1 aliphatic carbocycles. The van der Waals surface area contributed by atoms with Crippen molar-refractivity contribution in [2.75, 3.05) is 20.2 Å². The lowest BCUT2D eigenvalue weighted by Crippen LogP contribution is -2.13. The average molecular weight is 290 g/mol. The smallest absolute Gasteiger partial charge is 0.144 e. The monoisotopic (exact) mass is 290 g/mol. The molecule has 0 heterocycles. The molecule has 1 saturated carbocycles. The molecule has 1 aromatic rings. The number of nitrogens with one attached hydrogen (secondary N) is 1. The predicted molar refractivity (Wildman–Crippen MR) is 80.5 cm³/mol. The van der Waals surface area contributed by atoms with E-state index in [4.69, 9.17) is 10.00 Å². The van der Waals surface area contributed by atoms with Crippen LogP contribution in [0.3, 0.4) is 0 Å². The molecule has 0 radical (unpaired) electrons. The fraction of sp³-hybridized carbons (Fsp3) is 0.588. The minimum Gasteiger partial charge on any atom is -0.493 e. The van der Waals surface area contributed by atoms with Crippen LogP contribution in [0.1, 0.15) is 31.7 Å². The number of nitriles is 1. The fourth-order valence-electron chi connectivity index (χ4n) is 2.89. The Morgan fingerprint density at radius 2 is 2.33 bits per heavy atom. The Balaban J connectivity index is 1.69. The standard InChI is InChI=1S/C17H23FN2O/c1-12(5-7-20-2)16-9-13(16)6-8-21-15-4-3-14(11-19)17(18)10-15/h3-4,10,12-13,16,20H,5-9H2,1-2H3. The van der Waals surface area contributed by atoms with E-state index in [0.29, 0.717) is 12.4 Å². The highest BCUT2D eigenvalue weighted by atomic mass is 19.1. The summed E-state index contributed by atoms with van der Waals surface area (Å²) >= 11 is 0. The van der Waals surface area contributed by atoms with E-state index < -0.39 is 5.82 Å². The maximum Gasteiger partial charge on any atom is 0.144 e. The van der Waals surface area contributed by atoms with Crippen molar-refractivity contribution >= 4 is 0 Å². The molecule has 0 bridgehead atoms. The van der Waals surface area contributed by atoms with E-state index in [0.717, 1.165) is 30.7 Å². The van der Waals surface area contributed by atoms with Gasteiger partial charge < -0.3 is 10.1 Å². The Morgan fingerprint density at radius 1 is 1.52 bits per heavy atom. The van der Waals surface area contributed by atoms with Gasteiger partial charge in [0.25, 0.3) is 0 Å². The number of halogens is 1. The highest BCUT2D eigenvalue weighted by Gasteiger charge is 2.39. The Kier molecular flexibility index (Phi) is 5.58. The Bertz CT molecular complexity index is 512. The van der Waals surface area contributed by atoms with Gasteiger partial charge in [-0.05, 0) is 62.7 Å². The van der Waals surface area contributed by atoms with Gasteiger partial charge in [0.1, 0.15) is 17.6 Å². The van der Waals surface area contributed by atoms with Crippen molar-refractivity contribution in [2.45, 2.75) is 26.2 Å². The first kappa shape index (κ1) is 15.8. The lowest BCUT2D eigenvalue weighted by atomic mass is 10.00. The van der Waals surface area contributed by atoms with Gasteiger partial charge in [-0.15, -0.1) is 0 Å². The molecular formula is C17H23FN2O. The first-order valence-electron chi connectivity index (χ1n) is 7.62. The van der Waals surface area contributed by atoms with Gasteiger partial charge in [-0.3, -0.25) is 0 Å². The van der Waals surface area contributed by atoms with E-state index in [1.54, 1.807) is 12.1 Å². The fourth-order valence-corrected chi connectivity index (χ4v) is 2.89. The zero-order chi connectivity index (χ0) is 15.2. The molecule has 1 aromatic carbocycles. The second-order valence-electron chi connectivity index (χ2n) is 5.92. The lowest BCUT2D eigenvalue weighted by molar-refractivity contribution is 0.291. The van der Waals surface area contributed by atoms with Gasteiger partial charge >= 0.3 is 0 Å². The number of rotatable bonds is 8. The third-order valence-corrected chi connectivity index (χ3v) is 4.38. The summed E-state index contributed by atoms with van der Waals surface area (Å²) in [5, 5.41) is 11.9. The summed E-state index contributed by atoms with van der Waals surface area (Å²) in [5.74, 6) is 2.32. The molecule has 114 valence electrons. The third kappa shape index (κ3) is 4.44. The zero-order valence-corrected chi connectivity index (χ0v) is 12.7. The summed E-state index contributed by atoms with van der Waals surface area (Å²) in [5.41, 5.74) is 0.0583. The van der Waals surface area contributed by atoms with E-state index in [1.807, 2.05) is 7.05 Å². The van der Waals surface area contributed by atoms with Crippen molar-refractivity contribution in [3.63, 3.8) is 0 Å². The summed E-state index contributed by atoms with van der Waals surface area (Å²) in [4.78, 5) is 0. The maximum atomic E-state index is 13.4. The summed E-state index contributed by atoms with van der Waals surface area (Å²) in [6, 6.07) is 6.21. The zero-order valence-electron chi connectivity index (χ0n) is 12.7.